The third kappa shape index (κ3) is 6.59. The number of phenolic OH excluding ortho intramolecular Hbond substituents is 1. The molecule has 0 saturated carbocycles. The van der Waals surface area contributed by atoms with Crippen LogP contribution in [0.1, 0.15) is 18.9 Å². The molecule has 8 nitrogen and oxygen atoms in total. The van der Waals surface area contributed by atoms with E-state index in [2.05, 4.69) is 0 Å². The number of carbonyl (C=O) groups is 1. The van der Waals surface area contributed by atoms with Crippen LogP contribution in [-0.4, -0.2) is 34.8 Å². The minimum atomic E-state index is -0.791. The summed E-state index contributed by atoms with van der Waals surface area (Å²) < 4.78 is 10.8. The normalized spacial score (nSPS) is 12.8. The number of hydrogen-bond acceptors (Lipinski definition) is 7. The molecule has 0 amide bonds. The Balaban J connectivity index is 1.71. The topological polar surface area (TPSA) is 125 Å². The van der Waals surface area contributed by atoms with Gasteiger partial charge in [0.25, 0.3) is 5.69 Å². The van der Waals surface area contributed by atoms with Crippen molar-refractivity contribution in [3.63, 3.8) is 0 Å². The molecular weight excluding hydrogens is 352 g/mol. The molecule has 2 aromatic carbocycles. The molecule has 0 fully saturated rings. The highest BCUT2D eigenvalue weighted by Gasteiger charge is 2.16. The minimum Gasteiger partial charge on any atom is -0.508 e. The first-order valence-corrected chi connectivity index (χ1v) is 8.46. The predicted octanol–water partition coefficient (Wildman–Crippen LogP) is 2.57. The van der Waals surface area contributed by atoms with Gasteiger partial charge in [0, 0.05) is 18.6 Å². The van der Waals surface area contributed by atoms with Gasteiger partial charge in [-0.3, -0.25) is 14.9 Å². The van der Waals surface area contributed by atoms with Crippen molar-refractivity contribution in [3.8, 4) is 11.5 Å². The fraction of sp³-hybridized carbons (Fsp3) is 0.316. The van der Waals surface area contributed by atoms with Crippen molar-refractivity contribution in [1.82, 2.24) is 0 Å². The van der Waals surface area contributed by atoms with Gasteiger partial charge < -0.3 is 20.3 Å². The van der Waals surface area contributed by atoms with Crippen LogP contribution in [0.15, 0.2) is 48.5 Å². The first-order chi connectivity index (χ1) is 12.8. The number of rotatable bonds is 9. The van der Waals surface area contributed by atoms with E-state index in [9.17, 15) is 20.0 Å². The Kier molecular flexibility index (Phi) is 7.13. The van der Waals surface area contributed by atoms with E-state index in [0.717, 1.165) is 5.56 Å². The van der Waals surface area contributed by atoms with Crippen molar-refractivity contribution < 1.29 is 24.3 Å². The number of carbonyl (C=O) groups excluding carboxylic acids is 1. The molecule has 0 spiro atoms. The zero-order chi connectivity index (χ0) is 19.8. The highest BCUT2D eigenvalue weighted by molar-refractivity contribution is 5.75. The van der Waals surface area contributed by atoms with Crippen LogP contribution in [0.3, 0.4) is 0 Å². The zero-order valence-electron chi connectivity index (χ0n) is 14.9. The average Bonchev–Trinajstić information content (AvgIpc) is 2.64. The molecule has 8 heteroatoms. The third-order valence-electron chi connectivity index (χ3n) is 3.85. The third-order valence-corrected chi connectivity index (χ3v) is 3.85. The maximum Gasteiger partial charge on any atom is 0.323 e. The summed E-state index contributed by atoms with van der Waals surface area (Å²) in [5, 5.41) is 19.9. The van der Waals surface area contributed by atoms with Crippen LogP contribution in [0.25, 0.3) is 0 Å². The molecule has 0 radical (unpaired) electrons. The van der Waals surface area contributed by atoms with Crippen LogP contribution >= 0.6 is 0 Å². The number of esters is 1. The highest BCUT2D eigenvalue weighted by Crippen LogP contribution is 2.19. The summed E-state index contributed by atoms with van der Waals surface area (Å²) in [5.74, 6) is 0.144. The van der Waals surface area contributed by atoms with Gasteiger partial charge in [0.05, 0.1) is 17.6 Å². The molecular formula is C19H22N2O6. The largest absolute Gasteiger partial charge is 0.508 e. The minimum absolute atomic E-state index is 0.00782. The number of nitro groups is 1. The van der Waals surface area contributed by atoms with Crippen molar-refractivity contribution in [2.45, 2.75) is 31.9 Å². The van der Waals surface area contributed by atoms with E-state index < -0.39 is 16.9 Å². The Labute approximate surface area is 156 Å². The van der Waals surface area contributed by atoms with E-state index >= 15 is 0 Å². The smallest absolute Gasteiger partial charge is 0.323 e. The molecule has 0 aliphatic heterocycles. The molecule has 0 heterocycles. The van der Waals surface area contributed by atoms with Gasteiger partial charge in [-0.15, -0.1) is 0 Å². The van der Waals surface area contributed by atoms with E-state index in [4.69, 9.17) is 15.2 Å². The molecule has 27 heavy (non-hydrogen) atoms. The summed E-state index contributed by atoms with van der Waals surface area (Å²) in [5.41, 5.74) is 6.66. The van der Waals surface area contributed by atoms with Crippen molar-refractivity contribution in [2.24, 2.45) is 5.73 Å². The molecule has 0 saturated heterocycles. The molecule has 2 unspecified atom stereocenters. The fourth-order valence-corrected chi connectivity index (χ4v) is 2.34. The maximum atomic E-state index is 12.0. The average molecular weight is 374 g/mol. The molecule has 2 aromatic rings. The van der Waals surface area contributed by atoms with Crippen LogP contribution in [0, 0.1) is 10.1 Å². The van der Waals surface area contributed by atoms with Gasteiger partial charge in [-0.05, 0) is 43.2 Å². The van der Waals surface area contributed by atoms with E-state index in [1.54, 1.807) is 12.1 Å². The molecule has 0 aliphatic carbocycles. The van der Waals surface area contributed by atoms with Gasteiger partial charge >= 0.3 is 5.97 Å². The summed E-state index contributed by atoms with van der Waals surface area (Å²) in [4.78, 5) is 22.1. The van der Waals surface area contributed by atoms with Crippen LogP contribution in [0.5, 0.6) is 11.5 Å². The standard InChI is InChI=1S/C19H22N2O6/c1-13(27-17-8-4-15(5-9-17)21(24)25)10-11-26-19(23)18(20)12-14-2-6-16(22)7-3-14/h2-9,13,18,22H,10-12,20H2,1H3. The molecule has 0 aromatic heterocycles. The number of nitrogens with two attached hydrogens (primary N) is 1. The second-order valence-corrected chi connectivity index (χ2v) is 6.11. The first-order valence-electron chi connectivity index (χ1n) is 8.46. The lowest BCUT2D eigenvalue weighted by Gasteiger charge is -2.16. The van der Waals surface area contributed by atoms with E-state index in [1.165, 1.54) is 36.4 Å². The maximum absolute atomic E-state index is 12.0. The summed E-state index contributed by atoms with van der Waals surface area (Å²) in [6.07, 6.45) is 0.524. The van der Waals surface area contributed by atoms with E-state index in [0.29, 0.717) is 18.6 Å². The monoisotopic (exact) mass is 374 g/mol. The van der Waals surface area contributed by atoms with Crippen LogP contribution in [-0.2, 0) is 16.0 Å². The number of aromatic hydroxyl groups is 1. The van der Waals surface area contributed by atoms with Gasteiger partial charge in [0.1, 0.15) is 17.5 Å². The molecule has 0 bridgehead atoms. The fourth-order valence-electron chi connectivity index (χ4n) is 2.34. The molecule has 3 N–H and O–H groups in total. The van der Waals surface area contributed by atoms with Crippen molar-refractivity contribution in [3.05, 3.63) is 64.2 Å². The number of nitro benzene ring substituents is 1. The van der Waals surface area contributed by atoms with Crippen molar-refractivity contribution >= 4 is 11.7 Å². The van der Waals surface area contributed by atoms with E-state index in [1.807, 2.05) is 6.92 Å². The van der Waals surface area contributed by atoms with Crippen LogP contribution in [0.2, 0.25) is 0 Å². The Bertz CT molecular complexity index is 761. The lowest BCUT2D eigenvalue weighted by atomic mass is 10.1. The zero-order valence-corrected chi connectivity index (χ0v) is 14.9. The summed E-state index contributed by atoms with van der Waals surface area (Å²) >= 11 is 0. The van der Waals surface area contributed by atoms with E-state index in [-0.39, 0.29) is 24.1 Å². The predicted molar refractivity (Wildman–Crippen MR) is 98.5 cm³/mol. The SMILES string of the molecule is CC(CCOC(=O)C(N)Cc1ccc(O)cc1)Oc1ccc([N+](=O)[O-])cc1. The van der Waals surface area contributed by atoms with Crippen LogP contribution < -0.4 is 10.5 Å². The van der Waals surface area contributed by atoms with Crippen molar-refractivity contribution in [1.29, 1.82) is 0 Å². The summed E-state index contributed by atoms with van der Waals surface area (Å²) in [6, 6.07) is 11.4. The second-order valence-electron chi connectivity index (χ2n) is 6.11. The quantitative estimate of drug-likeness (QED) is 0.392. The highest BCUT2D eigenvalue weighted by atomic mass is 16.6. The Morgan fingerprint density at radius 2 is 1.81 bits per heavy atom. The Morgan fingerprint density at radius 1 is 1.19 bits per heavy atom. The first kappa shape index (κ1) is 20.2. The van der Waals surface area contributed by atoms with Gasteiger partial charge in [0.2, 0.25) is 0 Å². The number of ether oxygens (including phenoxy) is 2. The second kappa shape index (κ2) is 9.54. The summed E-state index contributed by atoms with van der Waals surface area (Å²) in [7, 11) is 0. The Morgan fingerprint density at radius 3 is 2.41 bits per heavy atom. The lowest BCUT2D eigenvalue weighted by molar-refractivity contribution is -0.384. The van der Waals surface area contributed by atoms with Gasteiger partial charge in [-0.2, -0.15) is 0 Å². The van der Waals surface area contributed by atoms with Crippen LogP contribution in [0.4, 0.5) is 5.69 Å². The van der Waals surface area contributed by atoms with Gasteiger partial charge in [0.15, 0.2) is 0 Å². The summed E-state index contributed by atoms with van der Waals surface area (Å²) in [6.45, 7) is 1.96. The molecule has 2 rings (SSSR count). The number of hydrogen-bond donors (Lipinski definition) is 2. The number of non-ortho nitro benzene ring substituents is 1. The van der Waals surface area contributed by atoms with Gasteiger partial charge in [-0.1, -0.05) is 12.1 Å². The lowest BCUT2D eigenvalue weighted by Crippen LogP contribution is -2.35. The molecule has 2 atom stereocenters. The molecule has 144 valence electrons. The number of benzene rings is 2. The number of nitrogens with zero attached hydrogens (tertiary/aromatic N) is 1. The van der Waals surface area contributed by atoms with Gasteiger partial charge in [-0.25, -0.2) is 0 Å². The Hall–Kier alpha value is -3.13. The number of phenols is 1. The van der Waals surface area contributed by atoms with Crippen molar-refractivity contribution in [2.75, 3.05) is 6.61 Å². The molecule has 0 aliphatic rings.